The maximum atomic E-state index is 12.7. The Balaban J connectivity index is 1.28. The second-order valence-corrected chi connectivity index (χ2v) is 11.0. The lowest BCUT2D eigenvalue weighted by atomic mass is 10.2. The van der Waals surface area contributed by atoms with Crippen molar-refractivity contribution in [2.24, 2.45) is 0 Å². The molecule has 10 heteroatoms. The van der Waals surface area contributed by atoms with E-state index >= 15 is 0 Å². The zero-order valence-corrected chi connectivity index (χ0v) is 28.8. The number of esters is 1. The molecule has 0 radical (unpaired) electrons. The lowest BCUT2D eigenvalue weighted by Crippen LogP contribution is -2.09. The first-order chi connectivity index (χ1) is 24.1. The molecule has 0 saturated carbocycles. The maximum absolute atomic E-state index is 12.7. The molecule has 3 rings (SSSR count). The third kappa shape index (κ3) is 16.9. The molecule has 0 unspecified atom stereocenters. The molecule has 0 N–H and O–H groups in total. The summed E-state index contributed by atoms with van der Waals surface area (Å²) in [5, 5.41) is 0. The maximum Gasteiger partial charge on any atom is 0.343 e. The van der Waals surface area contributed by atoms with Crippen LogP contribution in [0.3, 0.4) is 0 Å². The highest BCUT2D eigenvalue weighted by Crippen LogP contribution is 2.25. The second-order valence-electron chi connectivity index (χ2n) is 11.0. The summed E-state index contributed by atoms with van der Waals surface area (Å²) in [4.78, 5) is 32.5. The van der Waals surface area contributed by atoms with E-state index < -0.39 is 5.97 Å². The van der Waals surface area contributed by atoms with E-state index in [2.05, 4.69) is 6.58 Å². The van der Waals surface area contributed by atoms with Crippen LogP contribution in [0.5, 0.6) is 28.7 Å². The molecular formula is C39H50O10. The van der Waals surface area contributed by atoms with Gasteiger partial charge in [-0.15, -0.1) is 6.58 Å². The highest BCUT2D eigenvalue weighted by atomic mass is 17.2. The fraction of sp³-hybridized carbons (Fsp3) is 0.410. The zero-order chi connectivity index (χ0) is 34.8. The van der Waals surface area contributed by atoms with Gasteiger partial charge in [0.2, 0.25) is 6.79 Å². The Labute approximate surface area is 290 Å². The standard InChI is InChI=1S/C39H50O10/c1-4-24-45-47-28-12-8-6-10-26-41-34-16-14-33(15-17-34)39(40)49-37-22-23-38(32(3)30-37)44-31-43-36-20-18-35(19-21-36)42-27-11-7-9-13-29-48-46-25-5-2/h4-5,14-24,30H,2,6-13,25-29,31H2,1,3H3. The minimum Gasteiger partial charge on any atom is -0.494 e. The van der Waals surface area contributed by atoms with Gasteiger partial charge in [0.1, 0.15) is 41.6 Å². The summed E-state index contributed by atoms with van der Waals surface area (Å²) in [6, 6.07) is 19.6. The SMILES string of the molecule is C=CCOOCCCCCCOc1ccc(OCOc2ccc(OC(=O)c3ccc(OCCCCCCOOC=CC)cc3)cc2C)cc1. The van der Waals surface area contributed by atoms with Gasteiger partial charge in [0, 0.05) is 0 Å². The molecule has 0 aliphatic rings. The van der Waals surface area contributed by atoms with E-state index in [-0.39, 0.29) is 6.79 Å². The van der Waals surface area contributed by atoms with Gasteiger partial charge in [-0.05, 0) is 131 Å². The number of aryl methyl sites for hydroxylation is 1. The Bertz CT molecular complexity index is 1360. The molecule has 0 aliphatic carbocycles. The normalized spacial score (nSPS) is 10.9. The van der Waals surface area contributed by atoms with Gasteiger partial charge < -0.3 is 28.6 Å². The molecular weight excluding hydrogens is 628 g/mol. The van der Waals surface area contributed by atoms with E-state index in [0.717, 1.165) is 62.7 Å². The van der Waals surface area contributed by atoms with E-state index in [1.54, 1.807) is 54.6 Å². The number of rotatable bonds is 27. The van der Waals surface area contributed by atoms with Gasteiger partial charge >= 0.3 is 5.97 Å². The Morgan fingerprint density at radius 1 is 0.633 bits per heavy atom. The lowest BCUT2D eigenvalue weighted by molar-refractivity contribution is -0.286. The Morgan fingerprint density at radius 2 is 1.18 bits per heavy atom. The number of hydrogen-bond acceptors (Lipinski definition) is 10. The van der Waals surface area contributed by atoms with Crippen molar-refractivity contribution in [2.75, 3.05) is 39.8 Å². The van der Waals surface area contributed by atoms with E-state index in [4.69, 9.17) is 43.2 Å². The fourth-order valence-corrected chi connectivity index (χ4v) is 4.40. The van der Waals surface area contributed by atoms with E-state index in [0.29, 0.717) is 61.6 Å². The molecule has 0 fully saturated rings. The lowest BCUT2D eigenvalue weighted by Gasteiger charge is -2.12. The number of hydrogen-bond donors (Lipinski definition) is 0. The van der Waals surface area contributed by atoms with Crippen LogP contribution in [0.25, 0.3) is 0 Å². The topological polar surface area (TPSA) is 100 Å². The average Bonchev–Trinajstić information content (AvgIpc) is 3.11. The van der Waals surface area contributed by atoms with Crippen LogP contribution in [0, 0.1) is 6.92 Å². The first-order valence-electron chi connectivity index (χ1n) is 16.9. The zero-order valence-electron chi connectivity index (χ0n) is 28.8. The van der Waals surface area contributed by atoms with Crippen LogP contribution in [0.15, 0.2) is 91.7 Å². The molecule has 3 aromatic carbocycles. The first kappa shape index (κ1) is 38.9. The number of benzene rings is 3. The fourth-order valence-electron chi connectivity index (χ4n) is 4.40. The van der Waals surface area contributed by atoms with Crippen molar-refractivity contribution >= 4 is 5.97 Å². The monoisotopic (exact) mass is 678 g/mol. The molecule has 10 nitrogen and oxygen atoms in total. The van der Waals surface area contributed by atoms with Crippen molar-refractivity contribution < 1.29 is 48.0 Å². The summed E-state index contributed by atoms with van der Waals surface area (Å²) < 4.78 is 28.7. The predicted octanol–water partition coefficient (Wildman–Crippen LogP) is 9.12. The van der Waals surface area contributed by atoms with E-state index in [1.807, 2.05) is 38.1 Å². The quantitative estimate of drug-likeness (QED) is 0.0113. The minimum absolute atomic E-state index is 0.0263. The molecule has 0 atom stereocenters. The van der Waals surface area contributed by atoms with Crippen LogP contribution in [0.1, 0.15) is 74.2 Å². The van der Waals surface area contributed by atoms with Crippen LogP contribution in [0.4, 0.5) is 0 Å². The van der Waals surface area contributed by atoms with Gasteiger partial charge in [-0.2, -0.15) is 4.89 Å². The first-order valence-corrected chi connectivity index (χ1v) is 16.9. The number of unbranched alkanes of at least 4 members (excludes halogenated alkanes) is 6. The smallest absolute Gasteiger partial charge is 0.343 e. The number of carbonyl (C=O) groups excluding carboxylic acids is 1. The molecule has 49 heavy (non-hydrogen) atoms. The van der Waals surface area contributed by atoms with E-state index in [1.165, 1.54) is 6.26 Å². The van der Waals surface area contributed by atoms with Crippen molar-refractivity contribution in [3.8, 4) is 28.7 Å². The van der Waals surface area contributed by atoms with Gasteiger partial charge in [-0.1, -0.05) is 18.9 Å². The third-order valence-electron chi connectivity index (χ3n) is 7.02. The summed E-state index contributed by atoms with van der Waals surface area (Å²) >= 11 is 0. The van der Waals surface area contributed by atoms with Crippen molar-refractivity contribution in [3.05, 3.63) is 103 Å². The molecule has 0 heterocycles. The van der Waals surface area contributed by atoms with Gasteiger partial charge in [0.25, 0.3) is 0 Å². The van der Waals surface area contributed by atoms with Crippen LogP contribution in [-0.4, -0.2) is 45.8 Å². The van der Waals surface area contributed by atoms with Crippen LogP contribution in [0.2, 0.25) is 0 Å². The van der Waals surface area contributed by atoms with Crippen LogP contribution >= 0.6 is 0 Å². The molecule has 0 bridgehead atoms. The number of carbonyl (C=O) groups is 1. The summed E-state index contributed by atoms with van der Waals surface area (Å²) in [5.74, 6) is 2.76. The Morgan fingerprint density at radius 3 is 1.78 bits per heavy atom. The highest BCUT2D eigenvalue weighted by Gasteiger charge is 2.11. The molecule has 0 amide bonds. The largest absolute Gasteiger partial charge is 0.494 e. The summed E-state index contributed by atoms with van der Waals surface area (Å²) in [5.41, 5.74) is 1.24. The van der Waals surface area contributed by atoms with Crippen molar-refractivity contribution in [2.45, 2.75) is 65.2 Å². The Hall–Kier alpha value is -4.51. The molecule has 266 valence electrons. The van der Waals surface area contributed by atoms with Gasteiger partial charge in [-0.3, -0.25) is 0 Å². The molecule has 0 spiro atoms. The highest BCUT2D eigenvalue weighted by molar-refractivity contribution is 5.91. The minimum atomic E-state index is -0.452. The molecule has 3 aromatic rings. The molecule has 0 saturated heterocycles. The second kappa shape index (κ2) is 24.6. The van der Waals surface area contributed by atoms with Crippen LogP contribution < -0.4 is 23.7 Å². The van der Waals surface area contributed by atoms with Crippen LogP contribution in [-0.2, 0) is 19.6 Å². The van der Waals surface area contributed by atoms with Crippen molar-refractivity contribution in [1.29, 1.82) is 0 Å². The van der Waals surface area contributed by atoms with E-state index in [9.17, 15) is 4.79 Å². The van der Waals surface area contributed by atoms with Gasteiger partial charge in [0.15, 0.2) is 0 Å². The third-order valence-corrected chi connectivity index (χ3v) is 7.02. The predicted molar refractivity (Wildman–Crippen MR) is 187 cm³/mol. The average molecular weight is 679 g/mol. The van der Waals surface area contributed by atoms with Gasteiger partial charge in [-0.25, -0.2) is 14.6 Å². The summed E-state index contributed by atoms with van der Waals surface area (Å²) in [6.45, 7) is 10.1. The summed E-state index contributed by atoms with van der Waals surface area (Å²) in [7, 11) is 0. The molecule has 0 aromatic heterocycles. The molecule has 0 aliphatic heterocycles. The van der Waals surface area contributed by atoms with Gasteiger partial charge in [0.05, 0.1) is 32.0 Å². The van der Waals surface area contributed by atoms with Crippen molar-refractivity contribution in [1.82, 2.24) is 0 Å². The summed E-state index contributed by atoms with van der Waals surface area (Å²) in [6.07, 6.45) is 12.9. The number of allylic oxidation sites excluding steroid dienone is 1. The number of ether oxygens (including phenoxy) is 5. The van der Waals surface area contributed by atoms with Crippen molar-refractivity contribution in [3.63, 3.8) is 0 Å². The Kier molecular flexibility index (Phi) is 19.5.